The summed E-state index contributed by atoms with van der Waals surface area (Å²) in [6.07, 6.45) is 4.45. The molecular formula is C18H19N5O2. The SMILES string of the molecule is O=c1cccc2n1[C@@H](CO)[C@H]1C[C@@H]2CN(c2ncnc3[nH]ccc23)C1. The first-order chi connectivity index (χ1) is 12.3. The number of aliphatic hydroxyl groups excluding tert-OH is 1. The summed E-state index contributed by atoms with van der Waals surface area (Å²) in [5, 5.41) is 11.0. The fourth-order valence-electron chi connectivity index (χ4n) is 4.56. The third kappa shape index (κ3) is 2.12. The van der Waals surface area contributed by atoms with Gasteiger partial charge in [0.15, 0.2) is 0 Å². The third-order valence-electron chi connectivity index (χ3n) is 5.62. The van der Waals surface area contributed by atoms with Crippen LogP contribution in [0.5, 0.6) is 0 Å². The van der Waals surface area contributed by atoms with Crippen molar-refractivity contribution in [3.8, 4) is 0 Å². The number of aromatic amines is 1. The zero-order valence-electron chi connectivity index (χ0n) is 13.7. The second-order valence-electron chi connectivity index (χ2n) is 6.94. The molecule has 0 amide bonds. The van der Waals surface area contributed by atoms with Crippen molar-refractivity contribution >= 4 is 16.9 Å². The van der Waals surface area contributed by atoms with E-state index >= 15 is 0 Å². The molecule has 3 aromatic heterocycles. The van der Waals surface area contributed by atoms with Gasteiger partial charge in [-0.3, -0.25) is 4.79 Å². The van der Waals surface area contributed by atoms with Crippen LogP contribution in [0.2, 0.25) is 0 Å². The summed E-state index contributed by atoms with van der Waals surface area (Å²) < 4.78 is 1.81. The zero-order valence-corrected chi connectivity index (χ0v) is 13.7. The van der Waals surface area contributed by atoms with Gasteiger partial charge in [-0.05, 0) is 18.6 Å². The van der Waals surface area contributed by atoms with Crippen LogP contribution < -0.4 is 10.5 Å². The monoisotopic (exact) mass is 337 g/mol. The highest BCUT2D eigenvalue weighted by Crippen LogP contribution is 2.42. The summed E-state index contributed by atoms with van der Waals surface area (Å²) in [6.45, 7) is 1.57. The number of aromatic nitrogens is 4. The van der Waals surface area contributed by atoms with Gasteiger partial charge >= 0.3 is 0 Å². The van der Waals surface area contributed by atoms with E-state index in [2.05, 4.69) is 19.9 Å². The molecule has 2 aliphatic rings. The van der Waals surface area contributed by atoms with Gasteiger partial charge in [0.05, 0.1) is 18.0 Å². The smallest absolute Gasteiger partial charge is 0.251 e. The molecule has 0 aromatic carbocycles. The number of H-pyrrole nitrogens is 1. The number of aliphatic hydroxyl groups is 1. The molecule has 7 heteroatoms. The molecule has 0 radical (unpaired) electrons. The molecule has 2 bridgehead atoms. The van der Waals surface area contributed by atoms with Crippen LogP contribution in [-0.4, -0.2) is 44.3 Å². The van der Waals surface area contributed by atoms with Crippen molar-refractivity contribution in [2.24, 2.45) is 5.92 Å². The second-order valence-corrected chi connectivity index (χ2v) is 6.94. The van der Waals surface area contributed by atoms with Crippen molar-refractivity contribution in [2.45, 2.75) is 18.4 Å². The van der Waals surface area contributed by atoms with Crippen LogP contribution >= 0.6 is 0 Å². The molecule has 0 unspecified atom stereocenters. The van der Waals surface area contributed by atoms with Gasteiger partial charge in [0.2, 0.25) is 0 Å². The summed E-state index contributed by atoms with van der Waals surface area (Å²) in [5.41, 5.74) is 1.83. The Morgan fingerprint density at radius 1 is 1.24 bits per heavy atom. The Bertz CT molecular complexity index is 994. The number of nitrogens with one attached hydrogen (secondary N) is 1. The van der Waals surface area contributed by atoms with E-state index < -0.39 is 0 Å². The van der Waals surface area contributed by atoms with Crippen LogP contribution in [0.1, 0.15) is 24.1 Å². The quantitative estimate of drug-likeness (QED) is 0.735. The molecule has 3 atom stereocenters. The largest absolute Gasteiger partial charge is 0.394 e. The molecule has 0 spiro atoms. The zero-order chi connectivity index (χ0) is 17.0. The maximum absolute atomic E-state index is 12.4. The predicted molar refractivity (Wildman–Crippen MR) is 93.8 cm³/mol. The van der Waals surface area contributed by atoms with Gasteiger partial charge in [-0.2, -0.15) is 0 Å². The van der Waals surface area contributed by atoms with Gasteiger partial charge in [0, 0.05) is 42.9 Å². The Hall–Kier alpha value is -2.67. The minimum Gasteiger partial charge on any atom is -0.394 e. The number of fused-ring (bicyclic) bond motifs is 5. The van der Waals surface area contributed by atoms with Crippen LogP contribution in [0.25, 0.3) is 11.0 Å². The number of nitrogens with zero attached hydrogens (tertiary/aromatic N) is 4. The highest BCUT2D eigenvalue weighted by molar-refractivity contribution is 5.87. The number of hydrogen-bond acceptors (Lipinski definition) is 5. The van der Waals surface area contributed by atoms with Crippen LogP contribution in [0.15, 0.2) is 41.6 Å². The molecule has 25 heavy (non-hydrogen) atoms. The number of rotatable bonds is 2. The van der Waals surface area contributed by atoms with E-state index in [-0.39, 0.29) is 30.0 Å². The van der Waals surface area contributed by atoms with E-state index in [9.17, 15) is 9.90 Å². The molecule has 2 N–H and O–H groups in total. The molecule has 5 rings (SSSR count). The average molecular weight is 337 g/mol. The van der Waals surface area contributed by atoms with E-state index in [0.717, 1.165) is 42.1 Å². The molecule has 5 heterocycles. The fraction of sp³-hybridized carbons (Fsp3) is 0.389. The summed E-state index contributed by atoms with van der Waals surface area (Å²) in [4.78, 5) is 26.6. The minimum absolute atomic E-state index is 0.0187. The summed E-state index contributed by atoms with van der Waals surface area (Å²) in [6, 6.07) is 7.23. The first-order valence-electron chi connectivity index (χ1n) is 8.61. The van der Waals surface area contributed by atoms with Crippen molar-refractivity contribution < 1.29 is 5.11 Å². The minimum atomic E-state index is -0.175. The van der Waals surface area contributed by atoms with Crippen LogP contribution in [0.4, 0.5) is 5.82 Å². The normalized spacial score (nSPS) is 25.2. The number of pyridine rings is 1. The molecule has 0 saturated carbocycles. The molecule has 7 nitrogen and oxygen atoms in total. The van der Waals surface area contributed by atoms with E-state index in [1.165, 1.54) is 0 Å². The van der Waals surface area contributed by atoms with Gasteiger partial charge < -0.3 is 19.6 Å². The van der Waals surface area contributed by atoms with Crippen molar-refractivity contribution in [1.82, 2.24) is 19.5 Å². The molecule has 0 aliphatic carbocycles. The first kappa shape index (κ1) is 14.7. The van der Waals surface area contributed by atoms with E-state index in [1.807, 2.05) is 29.0 Å². The standard InChI is InChI=1S/C18H19N5O2/c24-9-15-12-6-11(14-2-1-3-16(25)23(14)15)7-22(8-12)18-13-4-5-19-17(13)20-10-21-18/h1-5,10-12,15,24H,6-9H2,(H,19,20,21)/t11-,12+,15+/m1/s1. The lowest BCUT2D eigenvalue weighted by atomic mass is 9.78. The Kier molecular flexibility index (Phi) is 3.18. The van der Waals surface area contributed by atoms with Crippen LogP contribution in [-0.2, 0) is 0 Å². The molecule has 1 fully saturated rings. The van der Waals surface area contributed by atoms with Crippen LogP contribution in [0.3, 0.4) is 0 Å². The van der Waals surface area contributed by atoms with E-state index in [4.69, 9.17) is 0 Å². The second kappa shape index (κ2) is 5.42. The Morgan fingerprint density at radius 2 is 2.16 bits per heavy atom. The molecule has 2 aliphatic heterocycles. The van der Waals surface area contributed by atoms with E-state index in [1.54, 1.807) is 12.4 Å². The van der Waals surface area contributed by atoms with Gasteiger partial charge in [0.25, 0.3) is 5.56 Å². The summed E-state index contributed by atoms with van der Waals surface area (Å²) >= 11 is 0. The van der Waals surface area contributed by atoms with Gasteiger partial charge in [-0.1, -0.05) is 6.07 Å². The van der Waals surface area contributed by atoms with Crippen molar-refractivity contribution in [2.75, 3.05) is 24.6 Å². The van der Waals surface area contributed by atoms with Gasteiger partial charge in [-0.25, -0.2) is 9.97 Å². The Morgan fingerprint density at radius 3 is 3.04 bits per heavy atom. The van der Waals surface area contributed by atoms with Crippen molar-refractivity contribution in [1.29, 1.82) is 0 Å². The first-order valence-corrected chi connectivity index (χ1v) is 8.61. The highest BCUT2D eigenvalue weighted by Gasteiger charge is 2.40. The molecule has 1 saturated heterocycles. The summed E-state index contributed by atoms with van der Waals surface area (Å²) in [7, 11) is 0. The van der Waals surface area contributed by atoms with E-state index in [0.29, 0.717) is 0 Å². The lowest BCUT2D eigenvalue weighted by molar-refractivity contribution is 0.132. The van der Waals surface area contributed by atoms with Gasteiger partial charge in [-0.15, -0.1) is 0 Å². The average Bonchev–Trinajstić information content (AvgIpc) is 3.11. The lowest BCUT2D eigenvalue weighted by Gasteiger charge is -2.47. The van der Waals surface area contributed by atoms with Crippen molar-refractivity contribution in [3.63, 3.8) is 0 Å². The van der Waals surface area contributed by atoms with Gasteiger partial charge in [0.1, 0.15) is 17.8 Å². The highest BCUT2D eigenvalue weighted by atomic mass is 16.3. The molecule has 128 valence electrons. The Labute approximate surface area is 144 Å². The number of piperidine rings is 1. The topological polar surface area (TPSA) is 87.0 Å². The lowest BCUT2D eigenvalue weighted by Crippen LogP contribution is -2.50. The predicted octanol–water partition coefficient (Wildman–Crippen LogP) is 1.28. The van der Waals surface area contributed by atoms with Crippen LogP contribution in [0, 0.1) is 5.92 Å². The molecular weight excluding hydrogens is 318 g/mol. The number of anilines is 1. The maximum atomic E-state index is 12.4. The Balaban J connectivity index is 1.61. The molecule has 3 aromatic rings. The third-order valence-corrected chi connectivity index (χ3v) is 5.62. The van der Waals surface area contributed by atoms with Crippen molar-refractivity contribution in [3.05, 3.63) is 52.8 Å². The fourth-order valence-corrected chi connectivity index (χ4v) is 4.56. The number of hydrogen-bond donors (Lipinski definition) is 2. The maximum Gasteiger partial charge on any atom is 0.251 e. The summed E-state index contributed by atoms with van der Waals surface area (Å²) in [5.74, 6) is 1.41.